The van der Waals surface area contributed by atoms with Crippen LogP contribution in [0.5, 0.6) is 0 Å². The van der Waals surface area contributed by atoms with Crippen molar-refractivity contribution in [1.29, 1.82) is 0 Å². The minimum Gasteiger partial charge on any atom is -0.452 e. The topological polar surface area (TPSA) is 105 Å². The van der Waals surface area contributed by atoms with Crippen molar-refractivity contribution in [3.05, 3.63) is 23.9 Å². The fourth-order valence-electron chi connectivity index (χ4n) is 3.21. The molecule has 0 aromatic heterocycles. The van der Waals surface area contributed by atoms with Gasteiger partial charge in [-0.1, -0.05) is 6.92 Å². The monoisotopic (exact) mass is 381 g/mol. The van der Waals surface area contributed by atoms with Gasteiger partial charge in [-0.25, -0.2) is 13.2 Å². The Morgan fingerprint density at radius 3 is 2.73 bits per heavy atom. The van der Waals surface area contributed by atoms with Crippen LogP contribution < -0.4 is 5.32 Å². The number of ether oxygens (including phenoxy) is 1. The molecule has 0 atom stereocenters. The van der Waals surface area contributed by atoms with Crippen molar-refractivity contribution in [3.8, 4) is 0 Å². The van der Waals surface area contributed by atoms with Crippen molar-refractivity contribution in [2.24, 2.45) is 10.3 Å². The molecule has 26 heavy (non-hydrogen) atoms. The van der Waals surface area contributed by atoms with E-state index in [4.69, 9.17) is 4.74 Å². The highest BCUT2D eigenvalue weighted by Crippen LogP contribution is 2.23. The quantitative estimate of drug-likeness (QED) is 0.720. The Labute approximate surface area is 153 Å². The molecule has 3 rings (SSSR count). The molecule has 2 heterocycles. The number of carbonyl (C=O) groups is 2. The predicted molar refractivity (Wildman–Crippen MR) is 95.7 cm³/mol. The molecule has 9 heteroatoms. The zero-order valence-electron chi connectivity index (χ0n) is 14.7. The molecule has 1 fully saturated rings. The van der Waals surface area contributed by atoms with E-state index in [9.17, 15) is 18.0 Å². The van der Waals surface area contributed by atoms with Crippen LogP contribution in [0, 0.1) is 5.92 Å². The van der Waals surface area contributed by atoms with Crippen molar-refractivity contribution in [2.75, 3.05) is 18.9 Å². The van der Waals surface area contributed by atoms with Crippen LogP contribution in [0.1, 0.15) is 32.6 Å². The number of fused-ring (bicyclic) bond motifs is 1. The highest BCUT2D eigenvalue weighted by Gasteiger charge is 2.26. The number of hydrogen-bond donors (Lipinski definition) is 1. The molecule has 8 nitrogen and oxygen atoms in total. The summed E-state index contributed by atoms with van der Waals surface area (Å²) in [7, 11) is -3.43. The lowest BCUT2D eigenvalue weighted by Crippen LogP contribution is -2.40. The third-order valence-electron chi connectivity index (χ3n) is 4.77. The smallest absolute Gasteiger partial charge is 0.340 e. The molecule has 0 unspecified atom stereocenters. The van der Waals surface area contributed by atoms with Gasteiger partial charge in [0.2, 0.25) is 0 Å². The Bertz CT molecular complexity index is 776. The van der Waals surface area contributed by atoms with Crippen LogP contribution in [-0.4, -0.2) is 56.0 Å². The van der Waals surface area contributed by atoms with Crippen molar-refractivity contribution >= 4 is 27.7 Å². The van der Waals surface area contributed by atoms with Gasteiger partial charge in [0.15, 0.2) is 6.61 Å². The molecule has 1 amide bonds. The normalized spacial score (nSPS) is 27.0. The molecule has 1 saturated carbocycles. The first-order valence-corrected chi connectivity index (χ1v) is 10.4. The second-order valence-corrected chi connectivity index (χ2v) is 8.70. The Hall–Kier alpha value is -2.16. The van der Waals surface area contributed by atoms with E-state index >= 15 is 0 Å². The van der Waals surface area contributed by atoms with E-state index in [0.717, 1.165) is 25.7 Å². The van der Waals surface area contributed by atoms with Crippen LogP contribution in [0.25, 0.3) is 0 Å². The highest BCUT2D eigenvalue weighted by molar-refractivity contribution is 7.90. The van der Waals surface area contributed by atoms with Crippen LogP contribution >= 0.6 is 0 Å². The number of amidine groups is 1. The fourth-order valence-corrected chi connectivity index (χ4v) is 4.18. The van der Waals surface area contributed by atoms with E-state index in [0.29, 0.717) is 5.92 Å². The van der Waals surface area contributed by atoms with E-state index in [1.54, 1.807) is 4.90 Å². The number of amides is 1. The summed E-state index contributed by atoms with van der Waals surface area (Å²) in [4.78, 5) is 25.7. The van der Waals surface area contributed by atoms with Gasteiger partial charge in [0.1, 0.15) is 5.84 Å². The number of esters is 1. The fraction of sp³-hybridized carbons (Fsp3) is 0.588. The average molecular weight is 381 g/mol. The van der Waals surface area contributed by atoms with Crippen LogP contribution in [0.3, 0.4) is 0 Å². The largest absolute Gasteiger partial charge is 0.452 e. The van der Waals surface area contributed by atoms with Crippen LogP contribution in [0.2, 0.25) is 0 Å². The molecule has 0 aromatic rings. The minimum atomic E-state index is -3.43. The van der Waals surface area contributed by atoms with Gasteiger partial charge in [-0.2, -0.15) is 0 Å². The van der Waals surface area contributed by atoms with Gasteiger partial charge >= 0.3 is 5.97 Å². The number of rotatable bonds is 4. The van der Waals surface area contributed by atoms with Crippen molar-refractivity contribution in [1.82, 2.24) is 10.2 Å². The zero-order valence-corrected chi connectivity index (χ0v) is 15.5. The molecular weight excluding hydrogens is 358 g/mol. The van der Waals surface area contributed by atoms with Gasteiger partial charge < -0.3 is 15.0 Å². The van der Waals surface area contributed by atoms with E-state index in [1.807, 2.05) is 0 Å². The standard InChI is InChI=1S/C17H23N3O5S/c1-12-2-5-14(6-3-12)18-16(21)11-25-17(22)13-4-7-15-19-26(23,24)9-8-20(15)10-13/h4,7,10,12,14H,2-3,5-6,8-9,11H2,1H3,(H,18,21). The molecule has 2 aliphatic heterocycles. The minimum absolute atomic E-state index is 0.106. The molecule has 1 aliphatic carbocycles. The number of hydrogen-bond acceptors (Lipinski definition) is 6. The van der Waals surface area contributed by atoms with Crippen molar-refractivity contribution in [2.45, 2.75) is 38.6 Å². The van der Waals surface area contributed by atoms with Gasteiger partial charge in [0.25, 0.3) is 15.9 Å². The summed E-state index contributed by atoms with van der Waals surface area (Å²) in [5, 5.41) is 2.90. The van der Waals surface area contributed by atoms with Gasteiger partial charge in [-0.15, -0.1) is 4.40 Å². The first-order valence-electron chi connectivity index (χ1n) is 8.78. The van der Waals surface area contributed by atoms with Gasteiger partial charge in [-0.3, -0.25) is 4.79 Å². The Morgan fingerprint density at radius 2 is 2.00 bits per heavy atom. The predicted octanol–water partition coefficient (Wildman–Crippen LogP) is 0.722. The summed E-state index contributed by atoms with van der Waals surface area (Å²) < 4.78 is 31.7. The van der Waals surface area contributed by atoms with E-state index in [-0.39, 0.29) is 42.3 Å². The molecule has 0 saturated heterocycles. The van der Waals surface area contributed by atoms with Crippen LogP contribution in [0.4, 0.5) is 0 Å². The zero-order chi connectivity index (χ0) is 18.7. The summed E-state index contributed by atoms with van der Waals surface area (Å²) in [6.45, 7) is 2.10. The van der Waals surface area contributed by atoms with Gasteiger partial charge in [0.05, 0.1) is 11.3 Å². The van der Waals surface area contributed by atoms with Gasteiger partial charge in [-0.05, 0) is 43.8 Å². The molecular formula is C17H23N3O5S. The lowest BCUT2D eigenvalue weighted by atomic mass is 9.87. The third-order valence-corrected chi connectivity index (χ3v) is 5.94. The summed E-state index contributed by atoms with van der Waals surface area (Å²) in [6, 6.07) is 0.153. The summed E-state index contributed by atoms with van der Waals surface area (Å²) in [5.74, 6) is -0.0574. The Morgan fingerprint density at radius 1 is 1.27 bits per heavy atom. The molecule has 0 aromatic carbocycles. The maximum atomic E-state index is 12.1. The average Bonchev–Trinajstić information content (AvgIpc) is 2.60. The number of nitrogens with one attached hydrogen (secondary N) is 1. The number of carbonyl (C=O) groups excluding carboxylic acids is 2. The molecule has 0 spiro atoms. The van der Waals surface area contributed by atoms with E-state index < -0.39 is 16.0 Å². The maximum absolute atomic E-state index is 12.1. The SMILES string of the molecule is CC1CCC(NC(=O)COC(=O)C2=CN3CCS(=O)(=O)N=C3C=C2)CC1. The molecule has 142 valence electrons. The van der Waals surface area contributed by atoms with Crippen LogP contribution in [-0.2, 0) is 24.3 Å². The van der Waals surface area contributed by atoms with E-state index in [2.05, 4.69) is 16.6 Å². The van der Waals surface area contributed by atoms with E-state index in [1.165, 1.54) is 18.4 Å². The second-order valence-electron chi connectivity index (χ2n) is 6.95. The van der Waals surface area contributed by atoms with Crippen molar-refractivity contribution in [3.63, 3.8) is 0 Å². The number of nitrogens with zero attached hydrogens (tertiary/aromatic N) is 2. The summed E-state index contributed by atoms with van der Waals surface area (Å²) >= 11 is 0. The summed E-state index contributed by atoms with van der Waals surface area (Å²) in [5.41, 5.74) is 0.252. The Balaban J connectivity index is 1.49. The molecule has 0 radical (unpaired) electrons. The maximum Gasteiger partial charge on any atom is 0.340 e. The molecule has 3 aliphatic rings. The molecule has 0 bridgehead atoms. The third kappa shape index (κ3) is 4.72. The number of sulfonamides is 1. The van der Waals surface area contributed by atoms with Gasteiger partial charge in [0, 0.05) is 18.8 Å². The molecule has 1 N–H and O–H groups in total. The highest BCUT2D eigenvalue weighted by atomic mass is 32.2. The second kappa shape index (κ2) is 7.61. The lowest BCUT2D eigenvalue weighted by molar-refractivity contribution is -0.144. The summed E-state index contributed by atoms with van der Waals surface area (Å²) in [6.07, 6.45) is 8.49. The first kappa shape index (κ1) is 18.6. The Kier molecular flexibility index (Phi) is 5.45. The lowest BCUT2D eigenvalue weighted by Gasteiger charge is -2.27. The first-order chi connectivity index (χ1) is 12.3. The van der Waals surface area contributed by atoms with Crippen molar-refractivity contribution < 1.29 is 22.7 Å². The van der Waals surface area contributed by atoms with Crippen LogP contribution in [0.15, 0.2) is 28.3 Å².